The molecule has 0 aliphatic rings. The molecule has 2 heterocycles. The van der Waals surface area contributed by atoms with E-state index in [1.807, 2.05) is 29.5 Å². The molecule has 7 heteroatoms. The summed E-state index contributed by atoms with van der Waals surface area (Å²) in [5.74, 6) is 1.40. The van der Waals surface area contributed by atoms with E-state index in [2.05, 4.69) is 31.1 Å². The van der Waals surface area contributed by atoms with Crippen LogP contribution in [0.1, 0.15) is 5.82 Å². The van der Waals surface area contributed by atoms with Crippen LogP contribution in [-0.2, 0) is 0 Å². The van der Waals surface area contributed by atoms with E-state index in [-0.39, 0.29) is 0 Å². The molecule has 0 bridgehead atoms. The van der Waals surface area contributed by atoms with E-state index in [0.29, 0.717) is 21.6 Å². The number of fused-ring (bicyclic) bond motifs is 1. The van der Waals surface area contributed by atoms with Crippen molar-refractivity contribution in [2.75, 3.05) is 0 Å². The number of hydrogen-bond donors (Lipinski definition) is 0. The van der Waals surface area contributed by atoms with Crippen LogP contribution in [0.15, 0.2) is 28.7 Å². The third kappa shape index (κ3) is 2.33. The maximum absolute atomic E-state index is 6.06. The molecule has 0 radical (unpaired) electrons. The van der Waals surface area contributed by atoms with Crippen LogP contribution < -0.4 is 0 Å². The van der Waals surface area contributed by atoms with E-state index in [0.717, 1.165) is 15.9 Å². The van der Waals surface area contributed by atoms with Gasteiger partial charge in [-0.3, -0.25) is 4.40 Å². The van der Waals surface area contributed by atoms with Crippen LogP contribution in [0.3, 0.4) is 0 Å². The van der Waals surface area contributed by atoms with Crippen molar-refractivity contribution in [2.24, 2.45) is 0 Å². The molecule has 0 saturated heterocycles. The Balaban J connectivity index is 2.31. The van der Waals surface area contributed by atoms with Crippen molar-refractivity contribution in [3.63, 3.8) is 0 Å². The van der Waals surface area contributed by atoms with Crippen LogP contribution in [0.2, 0.25) is 10.2 Å². The van der Waals surface area contributed by atoms with Crippen LogP contribution in [0.25, 0.3) is 17.0 Å². The smallest absolute Gasteiger partial charge is 0.169 e. The Labute approximate surface area is 127 Å². The highest BCUT2D eigenvalue weighted by atomic mass is 79.9. The molecule has 1 aromatic carbocycles. The molecule has 0 spiro atoms. The van der Waals surface area contributed by atoms with E-state index in [1.54, 1.807) is 6.07 Å². The summed E-state index contributed by atoms with van der Waals surface area (Å²) in [6.45, 7) is 1.85. The van der Waals surface area contributed by atoms with Gasteiger partial charge in [0.25, 0.3) is 0 Å². The maximum Gasteiger partial charge on any atom is 0.169 e. The summed E-state index contributed by atoms with van der Waals surface area (Å²) in [6.07, 6.45) is 0. The molecule has 19 heavy (non-hydrogen) atoms. The van der Waals surface area contributed by atoms with Crippen LogP contribution in [-0.4, -0.2) is 19.6 Å². The minimum absolute atomic E-state index is 0.399. The number of halogens is 3. The quantitative estimate of drug-likeness (QED) is 0.614. The Kier molecular flexibility index (Phi) is 3.20. The van der Waals surface area contributed by atoms with Gasteiger partial charge in [-0.25, -0.2) is 4.98 Å². The number of aryl methyl sites for hydroxylation is 1. The average molecular weight is 358 g/mol. The first kappa shape index (κ1) is 12.8. The topological polar surface area (TPSA) is 43.1 Å². The fraction of sp³-hybridized carbons (Fsp3) is 0.0833. The lowest BCUT2D eigenvalue weighted by atomic mass is 10.2. The third-order valence-corrected chi connectivity index (χ3v) is 3.52. The van der Waals surface area contributed by atoms with Gasteiger partial charge in [-0.1, -0.05) is 39.1 Å². The van der Waals surface area contributed by atoms with Gasteiger partial charge in [0, 0.05) is 21.1 Å². The van der Waals surface area contributed by atoms with Crippen molar-refractivity contribution < 1.29 is 0 Å². The summed E-state index contributed by atoms with van der Waals surface area (Å²) in [6, 6.07) is 7.24. The van der Waals surface area contributed by atoms with E-state index >= 15 is 0 Å². The number of nitrogens with zero attached hydrogens (tertiary/aromatic N) is 4. The largest absolute Gasteiger partial charge is 0.263 e. The van der Waals surface area contributed by atoms with E-state index in [9.17, 15) is 0 Å². The minimum Gasteiger partial charge on any atom is -0.263 e. The second-order valence-electron chi connectivity index (χ2n) is 4.00. The minimum atomic E-state index is 0.399. The summed E-state index contributed by atoms with van der Waals surface area (Å²) in [7, 11) is 0. The molecule has 0 saturated carbocycles. The van der Waals surface area contributed by atoms with Crippen LogP contribution in [0.4, 0.5) is 0 Å². The van der Waals surface area contributed by atoms with Gasteiger partial charge in [-0.2, -0.15) is 0 Å². The zero-order chi connectivity index (χ0) is 13.6. The van der Waals surface area contributed by atoms with Gasteiger partial charge in [-0.15, -0.1) is 10.2 Å². The standard InChI is InChI=1S/C12H7BrCl2N4/c1-6-16-10(15)5-11-17-18-12(19(6)11)7-2-8(13)4-9(14)3-7/h2-5H,1H3. The molecule has 2 aromatic heterocycles. The molecular weight excluding hydrogens is 351 g/mol. The third-order valence-electron chi connectivity index (χ3n) is 2.65. The van der Waals surface area contributed by atoms with Gasteiger partial charge < -0.3 is 0 Å². The van der Waals surface area contributed by atoms with Crippen LogP contribution in [0.5, 0.6) is 0 Å². The van der Waals surface area contributed by atoms with Gasteiger partial charge in [0.15, 0.2) is 11.5 Å². The number of hydrogen-bond acceptors (Lipinski definition) is 3. The van der Waals surface area contributed by atoms with Crippen molar-refractivity contribution >= 4 is 44.8 Å². The molecular formula is C12H7BrCl2N4. The molecule has 0 aliphatic heterocycles. The SMILES string of the molecule is Cc1nc(Cl)cc2nnc(-c3cc(Cl)cc(Br)c3)n12. The Morgan fingerprint density at radius 3 is 2.63 bits per heavy atom. The first-order valence-electron chi connectivity index (χ1n) is 5.39. The first-order valence-corrected chi connectivity index (χ1v) is 6.94. The number of rotatable bonds is 1. The summed E-state index contributed by atoms with van der Waals surface area (Å²) < 4.78 is 2.72. The zero-order valence-corrected chi connectivity index (χ0v) is 12.8. The van der Waals surface area contributed by atoms with E-state index in [4.69, 9.17) is 23.2 Å². The Morgan fingerprint density at radius 1 is 1.11 bits per heavy atom. The molecule has 0 fully saturated rings. The van der Waals surface area contributed by atoms with Gasteiger partial charge in [-0.05, 0) is 25.1 Å². The first-order chi connectivity index (χ1) is 9.04. The molecule has 0 unspecified atom stereocenters. The highest BCUT2D eigenvalue weighted by Crippen LogP contribution is 2.27. The fourth-order valence-electron chi connectivity index (χ4n) is 1.92. The van der Waals surface area contributed by atoms with Crippen molar-refractivity contribution in [3.05, 3.63) is 44.7 Å². The van der Waals surface area contributed by atoms with Gasteiger partial charge in [0.2, 0.25) is 0 Å². The second-order valence-corrected chi connectivity index (χ2v) is 5.74. The van der Waals surface area contributed by atoms with Crippen molar-refractivity contribution in [3.8, 4) is 11.4 Å². The zero-order valence-electron chi connectivity index (χ0n) is 9.73. The summed E-state index contributed by atoms with van der Waals surface area (Å²) in [5.41, 5.74) is 1.52. The Bertz CT molecular complexity index is 764. The predicted molar refractivity (Wildman–Crippen MR) is 78.7 cm³/mol. The van der Waals surface area contributed by atoms with Crippen molar-refractivity contribution in [2.45, 2.75) is 6.92 Å². The lowest BCUT2D eigenvalue weighted by Gasteiger charge is -2.04. The molecule has 4 nitrogen and oxygen atoms in total. The molecule has 0 N–H and O–H groups in total. The van der Waals surface area contributed by atoms with Crippen molar-refractivity contribution in [1.29, 1.82) is 0 Å². The monoisotopic (exact) mass is 356 g/mol. The Hall–Kier alpha value is -1.17. The molecule has 3 rings (SSSR count). The summed E-state index contributed by atoms with van der Waals surface area (Å²) >= 11 is 15.4. The molecule has 96 valence electrons. The molecule has 3 aromatic rings. The predicted octanol–water partition coefficient (Wildman–Crippen LogP) is 4.17. The molecule has 0 aliphatic carbocycles. The average Bonchev–Trinajstić information content (AvgIpc) is 2.71. The fourth-order valence-corrected chi connectivity index (χ4v) is 3.00. The van der Waals surface area contributed by atoms with E-state index in [1.165, 1.54) is 0 Å². The lowest BCUT2D eigenvalue weighted by Crippen LogP contribution is -1.98. The maximum atomic E-state index is 6.06. The van der Waals surface area contributed by atoms with E-state index < -0.39 is 0 Å². The summed E-state index contributed by atoms with van der Waals surface area (Å²) in [4.78, 5) is 4.21. The molecule has 0 atom stereocenters. The van der Waals surface area contributed by atoms with Gasteiger partial charge in [0.1, 0.15) is 11.0 Å². The number of aromatic nitrogens is 4. The Morgan fingerprint density at radius 2 is 1.89 bits per heavy atom. The van der Waals surface area contributed by atoms with Crippen LogP contribution >= 0.6 is 39.1 Å². The normalized spacial score (nSPS) is 11.2. The highest BCUT2D eigenvalue weighted by molar-refractivity contribution is 9.10. The summed E-state index contributed by atoms with van der Waals surface area (Å²) in [5, 5.41) is 9.32. The lowest BCUT2D eigenvalue weighted by molar-refractivity contribution is 0.988. The van der Waals surface area contributed by atoms with Crippen molar-refractivity contribution in [1.82, 2.24) is 19.6 Å². The molecule has 0 amide bonds. The van der Waals surface area contributed by atoms with Gasteiger partial charge >= 0.3 is 0 Å². The van der Waals surface area contributed by atoms with Crippen LogP contribution in [0, 0.1) is 6.92 Å². The second kappa shape index (κ2) is 4.74. The van der Waals surface area contributed by atoms with Gasteiger partial charge in [0.05, 0.1) is 0 Å². The highest BCUT2D eigenvalue weighted by Gasteiger charge is 2.12. The number of benzene rings is 1.